The summed E-state index contributed by atoms with van der Waals surface area (Å²) in [4.78, 5) is 4.98. The Hall–Kier alpha value is -2.34. The highest BCUT2D eigenvalue weighted by Gasteiger charge is 2.29. The lowest BCUT2D eigenvalue weighted by Gasteiger charge is -2.31. The van der Waals surface area contributed by atoms with E-state index in [1.807, 2.05) is 61.5 Å². The van der Waals surface area contributed by atoms with E-state index < -0.39 is 0 Å². The van der Waals surface area contributed by atoms with Gasteiger partial charge >= 0.3 is 0 Å². The quantitative estimate of drug-likeness (QED) is 0.438. The number of para-hydroxylation sites is 1. The summed E-state index contributed by atoms with van der Waals surface area (Å²) in [7, 11) is 0. The van der Waals surface area contributed by atoms with Crippen LogP contribution in [0.5, 0.6) is 11.5 Å². The van der Waals surface area contributed by atoms with Crippen LogP contribution in [0.2, 0.25) is 5.02 Å². The van der Waals surface area contributed by atoms with E-state index in [1.54, 1.807) is 6.07 Å². The van der Waals surface area contributed by atoms with E-state index in [0.29, 0.717) is 23.8 Å². The molecule has 0 spiro atoms. The first kappa shape index (κ1) is 20.9. The maximum Gasteiger partial charge on any atom is 0.162 e. The minimum Gasteiger partial charge on any atom is -0.504 e. The minimum atomic E-state index is -0.332. The molecule has 4 rings (SSSR count). The number of aromatic hydroxyl groups is 1. The summed E-state index contributed by atoms with van der Waals surface area (Å²) in [5.74, 6) is 0.642. The summed E-state index contributed by atoms with van der Waals surface area (Å²) in [5.41, 5.74) is 3.66. The van der Waals surface area contributed by atoms with Gasteiger partial charge in [-0.2, -0.15) is 0 Å². The summed E-state index contributed by atoms with van der Waals surface area (Å²) < 4.78 is 6.58. The molecular formula is C24H22BrClN2O2. The molecule has 0 saturated carbocycles. The smallest absolute Gasteiger partial charge is 0.162 e. The predicted molar refractivity (Wildman–Crippen MR) is 125 cm³/mol. The van der Waals surface area contributed by atoms with Crippen LogP contribution in [0.4, 0.5) is 0 Å². The first-order valence-electron chi connectivity index (χ1n) is 9.84. The van der Waals surface area contributed by atoms with Crippen molar-refractivity contribution >= 4 is 33.2 Å². The molecule has 0 aliphatic carbocycles. The Kier molecular flexibility index (Phi) is 6.42. The molecule has 1 aliphatic heterocycles. The summed E-state index contributed by atoms with van der Waals surface area (Å²) in [6.07, 6.45) is 0.294. The third-order valence-electron chi connectivity index (χ3n) is 5.10. The number of halogens is 2. The van der Waals surface area contributed by atoms with Gasteiger partial charge in [-0.05, 0) is 36.8 Å². The van der Waals surface area contributed by atoms with Crippen molar-refractivity contribution in [2.24, 2.45) is 4.99 Å². The van der Waals surface area contributed by atoms with Crippen molar-refractivity contribution in [3.63, 3.8) is 0 Å². The van der Waals surface area contributed by atoms with E-state index >= 15 is 0 Å². The minimum absolute atomic E-state index is 0.154. The molecule has 0 amide bonds. The molecule has 6 heteroatoms. The van der Waals surface area contributed by atoms with Crippen molar-refractivity contribution in [1.82, 2.24) is 5.32 Å². The zero-order chi connectivity index (χ0) is 21.1. The normalized spacial score (nSPS) is 18.7. The second-order valence-corrected chi connectivity index (χ2v) is 8.38. The zero-order valence-electron chi connectivity index (χ0n) is 16.5. The molecule has 0 unspecified atom stereocenters. The van der Waals surface area contributed by atoms with Gasteiger partial charge in [-0.3, -0.25) is 10.3 Å². The molecule has 154 valence electrons. The predicted octanol–water partition coefficient (Wildman–Crippen LogP) is 6.43. The molecule has 0 radical (unpaired) electrons. The number of ether oxygens (including phenoxy) is 1. The van der Waals surface area contributed by atoms with Crippen molar-refractivity contribution < 1.29 is 9.84 Å². The molecule has 30 heavy (non-hydrogen) atoms. The second-order valence-electron chi connectivity index (χ2n) is 7.06. The van der Waals surface area contributed by atoms with E-state index in [9.17, 15) is 5.11 Å². The van der Waals surface area contributed by atoms with Gasteiger partial charge in [0.25, 0.3) is 0 Å². The van der Waals surface area contributed by atoms with Crippen LogP contribution < -0.4 is 10.1 Å². The molecule has 0 saturated heterocycles. The van der Waals surface area contributed by atoms with Crippen LogP contribution in [0.15, 0.2) is 76.2 Å². The second kappa shape index (κ2) is 9.21. The number of rotatable bonds is 5. The van der Waals surface area contributed by atoms with Crippen LogP contribution in [0.3, 0.4) is 0 Å². The van der Waals surface area contributed by atoms with E-state index in [-0.39, 0.29) is 18.0 Å². The number of nitrogens with one attached hydrogen (secondary N) is 1. The Morgan fingerprint density at radius 3 is 2.63 bits per heavy atom. The van der Waals surface area contributed by atoms with Crippen molar-refractivity contribution in [3.05, 3.63) is 92.9 Å². The Labute approximate surface area is 189 Å². The lowest BCUT2D eigenvalue weighted by molar-refractivity contribution is 0.313. The van der Waals surface area contributed by atoms with Gasteiger partial charge in [0.15, 0.2) is 11.5 Å². The lowest BCUT2D eigenvalue weighted by atomic mass is 9.93. The van der Waals surface area contributed by atoms with Crippen LogP contribution in [-0.4, -0.2) is 17.4 Å². The first-order chi connectivity index (χ1) is 14.6. The zero-order valence-corrected chi connectivity index (χ0v) is 18.8. The molecule has 1 aliphatic rings. The molecule has 2 atom stereocenters. The molecule has 2 N–H and O–H groups in total. The van der Waals surface area contributed by atoms with Crippen LogP contribution in [0, 0.1) is 0 Å². The van der Waals surface area contributed by atoms with Gasteiger partial charge < -0.3 is 9.84 Å². The number of hydrogen-bond acceptors (Lipinski definition) is 4. The van der Waals surface area contributed by atoms with Gasteiger partial charge in [-0.15, -0.1) is 0 Å². The molecule has 1 heterocycles. The summed E-state index contributed by atoms with van der Waals surface area (Å²) in [6, 6.07) is 21.2. The van der Waals surface area contributed by atoms with Crippen molar-refractivity contribution in [3.8, 4) is 11.5 Å². The van der Waals surface area contributed by atoms with Gasteiger partial charge in [-0.1, -0.05) is 70.0 Å². The fourth-order valence-corrected chi connectivity index (χ4v) is 4.34. The molecule has 4 nitrogen and oxygen atoms in total. The molecular weight excluding hydrogens is 464 g/mol. The maximum absolute atomic E-state index is 10.8. The highest BCUT2D eigenvalue weighted by Crippen LogP contribution is 2.39. The van der Waals surface area contributed by atoms with Gasteiger partial charge in [0.1, 0.15) is 6.17 Å². The SMILES string of the molecule is CCOc1cccc([C@@H]2CC(c3cccc(Br)c3)=N[C@@H](c3ccccc3Cl)N2)c1O. The van der Waals surface area contributed by atoms with Crippen LogP contribution in [0.1, 0.15) is 42.2 Å². The van der Waals surface area contributed by atoms with Crippen LogP contribution >= 0.6 is 27.5 Å². The average Bonchev–Trinajstić information content (AvgIpc) is 2.75. The fraction of sp³-hybridized carbons (Fsp3) is 0.208. The van der Waals surface area contributed by atoms with E-state index in [1.165, 1.54) is 0 Å². The molecule has 0 fully saturated rings. The molecule has 0 aromatic heterocycles. The Morgan fingerprint density at radius 1 is 1.10 bits per heavy atom. The number of benzene rings is 3. The van der Waals surface area contributed by atoms with Crippen molar-refractivity contribution in [2.75, 3.05) is 6.61 Å². The number of hydrogen-bond donors (Lipinski definition) is 2. The number of nitrogens with zero attached hydrogens (tertiary/aromatic N) is 1. The standard InChI is InChI=1S/C24H22BrClN2O2/c1-2-30-22-12-6-10-18(23(22)29)21-14-20(15-7-5-8-16(25)13-15)27-24(28-21)17-9-3-4-11-19(17)26/h3-13,21,24,28-29H,2,14H2,1H3/t21-,24+/m0/s1. The van der Waals surface area contributed by atoms with Crippen LogP contribution in [-0.2, 0) is 0 Å². The fourth-order valence-electron chi connectivity index (χ4n) is 3.70. The monoisotopic (exact) mass is 484 g/mol. The Morgan fingerprint density at radius 2 is 1.87 bits per heavy atom. The lowest BCUT2D eigenvalue weighted by Crippen LogP contribution is -2.33. The van der Waals surface area contributed by atoms with Crippen LogP contribution in [0.25, 0.3) is 0 Å². The topological polar surface area (TPSA) is 53.8 Å². The van der Waals surface area contributed by atoms with Gasteiger partial charge in [-0.25, -0.2) is 0 Å². The van der Waals surface area contributed by atoms with E-state index in [2.05, 4.69) is 27.3 Å². The van der Waals surface area contributed by atoms with Crippen molar-refractivity contribution in [2.45, 2.75) is 25.6 Å². The number of aliphatic imine (C=N–C) groups is 1. The van der Waals surface area contributed by atoms with Gasteiger partial charge in [0.2, 0.25) is 0 Å². The molecule has 0 bridgehead atoms. The summed E-state index contributed by atoms with van der Waals surface area (Å²) >= 11 is 10.0. The third-order valence-corrected chi connectivity index (χ3v) is 5.94. The Bertz CT molecular complexity index is 1090. The highest BCUT2D eigenvalue weighted by molar-refractivity contribution is 9.10. The summed E-state index contributed by atoms with van der Waals surface area (Å²) in [6.45, 7) is 2.39. The highest BCUT2D eigenvalue weighted by atomic mass is 79.9. The maximum atomic E-state index is 10.8. The average molecular weight is 486 g/mol. The largest absolute Gasteiger partial charge is 0.504 e. The number of phenols is 1. The van der Waals surface area contributed by atoms with E-state index in [0.717, 1.165) is 26.9 Å². The van der Waals surface area contributed by atoms with Gasteiger partial charge in [0, 0.05) is 38.8 Å². The third kappa shape index (κ3) is 4.38. The van der Waals surface area contributed by atoms with Crippen molar-refractivity contribution in [1.29, 1.82) is 0 Å². The van der Waals surface area contributed by atoms with Gasteiger partial charge in [0.05, 0.1) is 6.61 Å². The number of phenolic OH excluding ortho intramolecular Hbond substituents is 1. The summed E-state index contributed by atoms with van der Waals surface area (Å²) in [5, 5.41) is 15.1. The first-order valence-corrected chi connectivity index (χ1v) is 11.0. The Balaban J connectivity index is 1.78. The van der Waals surface area contributed by atoms with E-state index in [4.69, 9.17) is 21.3 Å². The molecule has 3 aromatic carbocycles. The molecule has 3 aromatic rings.